The van der Waals surface area contributed by atoms with Gasteiger partial charge in [0.15, 0.2) is 0 Å². The second-order valence-corrected chi connectivity index (χ2v) is 2.92. The van der Waals surface area contributed by atoms with Gasteiger partial charge in [-0.2, -0.15) is 0 Å². The number of benzene rings is 1. The smallest absolute Gasteiger partial charge is 0.0722 e. The van der Waals surface area contributed by atoms with Crippen LogP contribution in [0.1, 0.15) is 5.56 Å². The molecule has 0 fully saturated rings. The molecule has 0 bridgehead atoms. The van der Waals surface area contributed by atoms with Gasteiger partial charge in [0.1, 0.15) is 0 Å². The molecule has 0 amide bonds. The number of nitrogens with zero attached hydrogens (tertiary/aromatic N) is 1. The molecule has 0 unspecified atom stereocenters. The highest BCUT2D eigenvalue weighted by molar-refractivity contribution is 5.83. The summed E-state index contributed by atoms with van der Waals surface area (Å²) in [6, 6.07) is 7.73. The van der Waals surface area contributed by atoms with E-state index in [1.807, 2.05) is 24.3 Å². The molecule has 0 radical (unpaired) electrons. The second-order valence-electron chi connectivity index (χ2n) is 2.92. The highest BCUT2D eigenvalue weighted by atomic mass is 14.7. The van der Waals surface area contributed by atoms with Crippen LogP contribution in [0.5, 0.6) is 0 Å². The van der Waals surface area contributed by atoms with E-state index < -0.39 is 0 Å². The summed E-state index contributed by atoms with van der Waals surface area (Å²) in [5.41, 5.74) is 8.32. The van der Waals surface area contributed by atoms with Crippen molar-refractivity contribution >= 4 is 22.7 Å². The SMILES string of the molecule is C=Cc1cnc2cc(N)ccc2c1. The summed E-state index contributed by atoms with van der Waals surface area (Å²) in [5, 5.41) is 1.09. The second kappa shape index (κ2) is 2.90. The number of nitrogens with two attached hydrogens (primary N) is 1. The summed E-state index contributed by atoms with van der Waals surface area (Å²) in [7, 11) is 0. The van der Waals surface area contributed by atoms with Crippen molar-refractivity contribution in [3.8, 4) is 0 Å². The normalized spacial score (nSPS) is 10.2. The number of fused-ring (bicyclic) bond motifs is 1. The fraction of sp³-hybridized carbons (Fsp3) is 0. The maximum atomic E-state index is 5.63. The Morgan fingerprint density at radius 2 is 2.15 bits per heavy atom. The third-order valence-corrected chi connectivity index (χ3v) is 1.97. The van der Waals surface area contributed by atoms with E-state index in [0.717, 1.165) is 22.2 Å². The Labute approximate surface area is 76.7 Å². The van der Waals surface area contributed by atoms with E-state index in [-0.39, 0.29) is 0 Å². The van der Waals surface area contributed by atoms with Gasteiger partial charge in [-0.3, -0.25) is 4.98 Å². The van der Waals surface area contributed by atoms with Crippen LogP contribution in [-0.2, 0) is 0 Å². The Bertz CT molecular complexity index is 461. The van der Waals surface area contributed by atoms with E-state index in [9.17, 15) is 0 Å². The molecule has 0 aliphatic carbocycles. The first-order valence-corrected chi connectivity index (χ1v) is 4.07. The van der Waals surface area contributed by atoms with Crippen LogP contribution in [-0.4, -0.2) is 4.98 Å². The molecule has 1 aromatic heterocycles. The third kappa shape index (κ3) is 1.38. The van der Waals surface area contributed by atoms with E-state index >= 15 is 0 Å². The minimum Gasteiger partial charge on any atom is -0.399 e. The molecule has 0 aliphatic heterocycles. The van der Waals surface area contributed by atoms with E-state index in [1.165, 1.54) is 0 Å². The lowest BCUT2D eigenvalue weighted by Gasteiger charge is -1.99. The van der Waals surface area contributed by atoms with Crippen molar-refractivity contribution in [2.24, 2.45) is 0 Å². The minimum atomic E-state index is 0.742. The summed E-state index contributed by atoms with van der Waals surface area (Å²) in [4.78, 5) is 4.26. The first-order valence-electron chi connectivity index (χ1n) is 4.07. The van der Waals surface area contributed by atoms with Gasteiger partial charge in [0.25, 0.3) is 0 Å². The molecule has 0 atom stereocenters. The Morgan fingerprint density at radius 1 is 1.31 bits per heavy atom. The molecule has 2 rings (SSSR count). The number of aromatic nitrogens is 1. The lowest BCUT2D eigenvalue weighted by Crippen LogP contribution is -1.86. The highest BCUT2D eigenvalue weighted by Gasteiger charge is 1.95. The quantitative estimate of drug-likeness (QED) is 0.668. The number of nitrogen functional groups attached to an aromatic ring is 1. The molecule has 2 aromatic rings. The molecule has 1 heterocycles. The predicted octanol–water partition coefficient (Wildman–Crippen LogP) is 2.46. The van der Waals surface area contributed by atoms with Crippen LogP contribution in [0.3, 0.4) is 0 Å². The third-order valence-electron chi connectivity index (χ3n) is 1.97. The molecule has 13 heavy (non-hydrogen) atoms. The molecule has 2 heteroatoms. The summed E-state index contributed by atoms with van der Waals surface area (Å²) >= 11 is 0. The molecule has 0 saturated heterocycles. The lowest BCUT2D eigenvalue weighted by molar-refractivity contribution is 1.40. The predicted molar refractivity (Wildman–Crippen MR) is 56.2 cm³/mol. The van der Waals surface area contributed by atoms with E-state index in [0.29, 0.717) is 0 Å². The van der Waals surface area contributed by atoms with E-state index in [2.05, 4.69) is 11.6 Å². The van der Waals surface area contributed by atoms with Gasteiger partial charge in [0, 0.05) is 17.3 Å². The van der Waals surface area contributed by atoms with Crippen molar-refractivity contribution in [3.05, 3.63) is 42.6 Å². The Balaban J connectivity index is 2.73. The fourth-order valence-corrected chi connectivity index (χ4v) is 1.27. The zero-order chi connectivity index (χ0) is 9.26. The number of hydrogen-bond donors (Lipinski definition) is 1. The van der Waals surface area contributed by atoms with Crippen molar-refractivity contribution in [1.29, 1.82) is 0 Å². The van der Waals surface area contributed by atoms with Crippen LogP contribution < -0.4 is 5.73 Å². The Kier molecular flexibility index (Phi) is 1.74. The average Bonchev–Trinajstić information content (AvgIpc) is 2.17. The molecule has 0 saturated carbocycles. The van der Waals surface area contributed by atoms with Gasteiger partial charge in [0.2, 0.25) is 0 Å². The molecular weight excluding hydrogens is 160 g/mol. The topological polar surface area (TPSA) is 38.9 Å². The first-order chi connectivity index (χ1) is 6.29. The van der Waals surface area contributed by atoms with Gasteiger partial charge in [-0.15, -0.1) is 0 Å². The minimum absolute atomic E-state index is 0.742. The summed E-state index contributed by atoms with van der Waals surface area (Å²) < 4.78 is 0. The highest BCUT2D eigenvalue weighted by Crippen LogP contribution is 2.16. The van der Waals surface area contributed by atoms with Gasteiger partial charge in [0.05, 0.1) is 5.52 Å². The number of hydrogen-bond acceptors (Lipinski definition) is 2. The zero-order valence-corrected chi connectivity index (χ0v) is 7.20. The van der Waals surface area contributed by atoms with Gasteiger partial charge in [-0.1, -0.05) is 18.7 Å². The fourth-order valence-electron chi connectivity index (χ4n) is 1.27. The van der Waals surface area contributed by atoms with Crippen LogP contribution in [0.2, 0.25) is 0 Å². The molecular formula is C11H10N2. The molecule has 2 nitrogen and oxygen atoms in total. The van der Waals surface area contributed by atoms with Crippen molar-refractivity contribution in [2.45, 2.75) is 0 Å². The monoisotopic (exact) mass is 170 g/mol. The summed E-state index contributed by atoms with van der Waals surface area (Å²) in [5.74, 6) is 0. The van der Waals surface area contributed by atoms with Gasteiger partial charge < -0.3 is 5.73 Å². The molecule has 64 valence electrons. The lowest BCUT2D eigenvalue weighted by atomic mass is 10.1. The van der Waals surface area contributed by atoms with Crippen LogP contribution in [0.15, 0.2) is 37.0 Å². The van der Waals surface area contributed by atoms with Crippen LogP contribution in [0, 0.1) is 0 Å². The molecule has 1 aromatic carbocycles. The molecule has 0 aliphatic rings. The largest absolute Gasteiger partial charge is 0.399 e. The van der Waals surface area contributed by atoms with Crippen molar-refractivity contribution < 1.29 is 0 Å². The zero-order valence-electron chi connectivity index (χ0n) is 7.20. The van der Waals surface area contributed by atoms with E-state index in [1.54, 1.807) is 12.3 Å². The standard InChI is InChI=1S/C11H10N2/c1-2-8-5-9-3-4-10(12)6-11(9)13-7-8/h2-7H,1,12H2. The first kappa shape index (κ1) is 7.80. The number of pyridine rings is 1. The average molecular weight is 170 g/mol. The Morgan fingerprint density at radius 3 is 2.92 bits per heavy atom. The van der Waals surface area contributed by atoms with Crippen LogP contribution in [0.4, 0.5) is 5.69 Å². The maximum absolute atomic E-state index is 5.63. The van der Waals surface area contributed by atoms with Crippen LogP contribution >= 0.6 is 0 Å². The summed E-state index contributed by atoms with van der Waals surface area (Å²) in [6.45, 7) is 3.69. The van der Waals surface area contributed by atoms with Crippen molar-refractivity contribution in [2.75, 3.05) is 5.73 Å². The summed E-state index contributed by atoms with van der Waals surface area (Å²) in [6.07, 6.45) is 3.57. The maximum Gasteiger partial charge on any atom is 0.0722 e. The molecule has 0 spiro atoms. The van der Waals surface area contributed by atoms with Gasteiger partial charge in [-0.25, -0.2) is 0 Å². The molecule has 2 N–H and O–H groups in total. The van der Waals surface area contributed by atoms with Crippen molar-refractivity contribution in [3.63, 3.8) is 0 Å². The van der Waals surface area contributed by atoms with E-state index in [4.69, 9.17) is 5.73 Å². The number of anilines is 1. The van der Waals surface area contributed by atoms with Gasteiger partial charge >= 0.3 is 0 Å². The van der Waals surface area contributed by atoms with Crippen LogP contribution in [0.25, 0.3) is 17.0 Å². The van der Waals surface area contributed by atoms with Crippen molar-refractivity contribution in [1.82, 2.24) is 4.98 Å². The Hall–Kier alpha value is -1.83. The van der Waals surface area contributed by atoms with Gasteiger partial charge in [-0.05, 0) is 23.8 Å². The number of rotatable bonds is 1.